The third-order valence-electron chi connectivity index (χ3n) is 3.37. The molecule has 1 heteroatoms. The summed E-state index contributed by atoms with van der Waals surface area (Å²) in [5, 5.41) is 10.1. The summed E-state index contributed by atoms with van der Waals surface area (Å²) < 4.78 is 0. The molecule has 0 saturated carbocycles. The Morgan fingerprint density at radius 1 is 1.20 bits per heavy atom. The normalized spacial score (nSPS) is 17.1. The summed E-state index contributed by atoms with van der Waals surface area (Å²) in [7, 11) is 0. The smallest absolute Gasteiger partial charge is 0.0679 e. The Labute approximate surface area is 95.6 Å². The number of unbranched alkanes of at least 4 members (excludes halogenated alkanes) is 5. The van der Waals surface area contributed by atoms with Crippen LogP contribution in [0.2, 0.25) is 0 Å². The Hall–Kier alpha value is -0.300. The van der Waals surface area contributed by atoms with E-state index in [1.165, 1.54) is 32.1 Å². The van der Waals surface area contributed by atoms with E-state index in [9.17, 15) is 5.11 Å². The van der Waals surface area contributed by atoms with E-state index in [0.29, 0.717) is 0 Å². The van der Waals surface area contributed by atoms with Crippen molar-refractivity contribution in [3.05, 3.63) is 12.7 Å². The molecule has 0 aromatic rings. The van der Waals surface area contributed by atoms with E-state index in [1.807, 2.05) is 19.9 Å². The number of hydrogen-bond acceptors (Lipinski definition) is 1. The zero-order valence-corrected chi connectivity index (χ0v) is 10.8. The van der Waals surface area contributed by atoms with Crippen molar-refractivity contribution in [2.75, 3.05) is 0 Å². The lowest BCUT2D eigenvalue weighted by molar-refractivity contribution is 0.0138. The summed E-state index contributed by atoms with van der Waals surface area (Å²) in [6.45, 7) is 9.92. The van der Waals surface area contributed by atoms with Crippen LogP contribution in [0.25, 0.3) is 0 Å². The summed E-state index contributed by atoms with van der Waals surface area (Å²) in [5.41, 5.74) is -0.563. The Bertz CT molecular complexity index is 161. The van der Waals surface area contributed by atoms with Crippen LogP contribution in [0.15, 0.2) is 12.7 Å². The second-order valence-electron chi connectivity index (χ2n) is 4.90. The van der Waals surface area contributed by atoms with Crippen molar-refractivity contribution in [3.63, 3.8) is 0 Å². The molecule has 0 fully saturated rings. The van der Waals surface area contributed by atoms with Gasteiger partial charge in [-0.25, -0.2) is 0 Å². The lowest BCUT2D eigenvalue weighted by Crippen LogP contribution is -2.31. The highest BCUT2D eigenvalue weighted by molar-refractivity contribution is 4.89. The molecule has 1 N–H and O–H groups in total. The predicted molar refractivity (Wildman–Crippen MR) is 68.0 cm³/mol. The van der Waals surface area contributed by atoms with Crippen molar-refractivity contribution < 1.29 is 5.11 Å². The quantitative estimate of drug-likeness (QED) is 0.446. The van der Waals surface area contributed by atoms with Gasteiger partial charge in [0, 0.05) is 5.92 Å². The molecular weight excluding hydrogens is 184 g/mol. The fraction of sp³-hybridized carbons (Fsp3) is 0.857. The van der Waals surface area contributed by atoms with Crippen LogP contribution in [0.3, 0.4) is 0 Å². The molecule has 0 aromatic heterocycles. The number of hydrogen-bond donors (Lipinski definition) is 1. The first-order chi connectivity index (χ1) is 7.04. The van der Waals surface area contributed by atoms with E-state index in [-0.39, 0.29) is 5.92 Å². The first-order valence-corrected chi connectivity index (χ1v) is 6.39. The molecule has 0 aliphatic heterocycles. The van der Waals surface area contributed by atoms with Gasteiger partial charge in [0.05, 0.1) is 5.60 Å². The minimum absolute atomic E-state index is 0.188. The molecule has 0 bridgehead atoms. The molecule has 0 amide bonds. The number of aliphatic hydroxyl groups is 1. The van der Waals surface area contributed by atoms with Crippen molar-refractivity contribution in [3.8, 4) is 0 Å². The van der Waals surface area contributed by atoms with Gasteiger partial charge in [0.2, 0.25) is 0 Å². The molecule has 0 rings (SSSR count). The molecule has 2 atom stereocenters. The largest absolute Gasteiger partial charge is 0.390 e. The van der Waals surface area contributed by atoms with Crippen LogP contribution < -0.4 is 0 Å². The fourth-order valence-corrected chi connectivity index (χ4v) is 1.74. The zero-order valence-electron chi connectivity index (χ0n) is 10.8. The Morgan fingerprint density at radius 2 is 1.73 bits per heavy atom. The third kappa shape index (κ3) is 6.72. The lowest BCUT2D eigenvalue weighted by Gasteiger charge is -2.28. The summed E-state index contributed by atoms with van der Waals surface area (Å²) in [6.07, 6.45) is 10.4. The highest BCUT2D eigenvalue weighted by Gasteiger charge is 2.24. The Morgan fingerprint density at radius 3 is 2.27 bits per heavy atom. The topological polar surface area (TPSA) is 20.2 Å². The average Bonchev–Trinajstić information content (AvgIpc) is 2.22. The summed E-state index contributed by atoms with van der Waals surface area (Å²) in [6, 6.07) is 0. The maximum Gasteiger partial charge on any atom is 0.0679 e. The maximum atomic E-state index is 10.1. The van der Waals surface area contributed by atoms with Crippen molar-refractivity contribution in [1.29, 1.82) is 0 Å². The standard InChI is InChI=1S/C14H28O/c1-5-7-8-9-10-11-12-14(4,15)13(3)6-2/h6,13,15H,2,5,7-12H2,1,3-4H3. The highest BCUT2D eigenvalue weighted by Crippen LogP contribution is 2.24. The van der Waals surface area contributed by atoms with Gasteiger partial charge in [-0.05, 0) is 13.3 Å². The average molecular weight is 212 g/mol. The summed E-state index contributed by atoms with van der Waals surface area (Å²) >= 11 is 0. The fourth-order valence-electron chi connectivity index (χ4n) is 1.74. The van der Waals surface area contributed by atoms with Gasteiger partial charge >= 0.3 is 0 Å². The number of rotatable bonds is 9. The molecule has 90 valence electrons. The summed E-state index contributed by atoms with van der Waals surface area (Å²) in [4.78, 5) is 0. The second kappa shape index (κ2) is 7.92. The van der Waals surface area contributed by atoms with Crippen LogP contribution in [-0.2, 0) is 0 Å². The van der Waals surface area contributed by atoms with E-state index >= 15 is 0 Å². The molecule has 0 aliphatic carbocycles. The van der Waals surface area contributed by atoms with Gasteiger partial charge in [-0.1, -0.05) is 58.4 Å². The van der Waals surface area contributed by atoms with E-state index in [4.69, 9.17) is 0 Å². The molecule has 0 saturated heterocycles. The summed E-state index contributed by atoms with van der Waals surface area (Å²) in [5.74, 6) is 0.188. The first kappa shape index (κ1) is 14.7. The molecule has 0 spiro atoms. The van der Waals surface area contributed by atoms with Gasteiger partial charge in [-0.2, -0.15) is 0 Å². The predicted octanol–water partition coefficient (Wildman–Crippen LogP) is 4.31. The van der Waals surface area contributed by atoms with Crippen LogP contribution in [0.1, 0.15) is 65.7 Å². The van der Waals surface area contributed by atoms with Crippen molar-refractivity contribution >= 4 is 0 Å². The highest BCUT2D eigenvalue weighted by atomic mass is 16.3. The van der Waals surface area contributed by atoms with Crippen molar-refractivity contribution in [2.24, 2.45) is 5.92 Å². The molecule has 0 aliphatic rings. The first-order valence-electron chi connectivity index (χ1n) is 6.39. The maximum absolute atomic E-state index is 10.1. The minimum Gasteiger partial charge on any atom is -0.390 e. The molecular formula is C14H28O. The molecule has 0 aromatic carbocycles. The molecule has 2 unspecified atom stereocenters. The SMILES string of the molecule is C=CC(C)C(C)(O)CCCCCCCC. The van der Waals surface area contributed by atoms with E-state index in [2.05, 4.69) is 13.5 Å². The van der Waals surface area contributed by atoms with Crippen LogP contribution in [0.4, 0.5) is 0 Å². The monoisotopic (exact) mass is 212 g/mol. The zero-order chi connectivity index (χ0) is 11.7. The molecule has 0 heterocycles. The molecule has 1 nitrogen and oxygen atoms in total. The van der Waals surface area contributed by atoms with Gasteiger partial charge in [-0.3, -0.25) is 0 Å². The van der Waals surface area contributed by atoms with Crippen LogP contribution in [-0.4, -0.2) is 10.7 Å². The van der Waals surface area contributed by atoms with Gasteiger partial charge in [0.15, 0.2) is 0 Å². The van der Waals surface area contributed by atoms with Gasteiger partial charge < -0.3 is 5.11 Å². The Balaban J connectivity index is 3.53. The lowest BCUT2D eigenvalue weighted by atomic mass is 9.86. The third-order valence-corrected chi connectivity index (χ3v) is 3.37. The Kier molecular flexibility index (Phi) is 7.76. The molecule has 0 radical (unpaired) electrons. The van der Waals surface area contributed by atoms with E-state index in [0.717, 1.165) is 12.8 Å². The van der Waals surface area contributed by atoms with E-state index in [1.54, 1.807) is 0 Å². The second-order valence-corrected chi connectivity index (χ2v) is 4.90. The van der Waals surface area contributed by atoms with Crippen molar-refractivity contribution in [2.45, 2.75) is 71.3 Å². The minimum atomic E-state index is -0.563. The van der Waals surface area contributed by atoms with Gasteiger partial charge in [-0.15, -0.1) is 6.58 Å². The van der Waals surface area contributed by atoms with Gasteiger partial charge in [0.25, 0.3) is 0 Å². The van der Waals surface area contributed by atoms with E-state index < -0.39 is 5.60 Å². The van der Waals surface area contributed by atoms with Crippen LogP contribution in [0, 0.1) is 5.92 Å². The van der Waals surface area contributed by atoms with Crippen LogP contribution >= 0.6 is 0 Å². The van der Waals surface area contributed by atoms with Crippen LogP contribution in [0.5, 0.6) is 0 Å². The van der Waals surface area contributed by atoms with Crippen molar-refractivity contribution in [1.82, 2.24) is 0 Å². The molecule has 15 heavy (non-hydrogen) atoms. The van der Waals surface area contributed by atoms with Gasteiger partial charge in [0.1, 0.15) is 0 Å².